The minimum atomic E-state index is 0.757. The van der Waals surface area contributed by atoms with E-state index in [1.807, 2.05) is 0 Å². The Morgan fingerprint density at radius 2 is 2.00 bits per heavy atom. The summed E-state index contributed by atoms with van der Waals surface area (Å²) in [6.45, 7) is 4.85. The standard InChI is InChI=1S/C15H23NO/c1-2-11-17-12-14-6-4-3-5-13(14)9-10-16-15-7-8-15/h3-6,15-16H,2,7-12H2,1H3. The summed E-state index contributed by atoms with van der Waals surface area (Å²) in [6.07, 6.45) is 4.93. The van der Waals surface area contributed by atoms with E-state index >= 15 is 0 Å². The molecular formula is C15H23NO. The van der Waals surface area contributed by atoms with Crippen molar-refractivity contribution in [2.45, 2.75) is 45.3 Å². The lowest BCUT2D eigenvalue weighted by Gasteiger charge is -2.10. The van der Waals surface area contributed by atoms with Gasteiger partial charge < -0.3 is 10.1 Å². The first kappa shape index (κ1) is 12.6. The van der Waals surface area contributed by atoms with Crippen LogP contribution in [0, 0.1) is 0 Å². The van der Waals surface area contributed by atoms with Crippen LogP contribution in [0.25, 0.3) is 0 Å². The molecule has 2 nitrogen and oxygen atoms in total. The largest absolute Gasteiger partial charge is 0.377 e. The van der Waals surface area contributed by atoms with Gasteiger partial charge in [-0.05, 0) is 43.4 Å². The smallest absolute Gasteiger partial charge is 0.0719 e. The topological polar surface area (TPSA) is 21.3 Å². The summed E-state index contributed by atoms with van der Waals surface area (Å²) in [4.78, 5) is 0. The normalized spacial score (nSPS) is 15.1. The SMILES string of the molecule is CCCOCc1ccccc1CCNC1CC1. The Bertz CT molecular complexity index is 333. The van der Waals surface area contributed by atoms with Gasteiger partial charge in [0.1, 0.15) is 0 Å². The zero-order valence-electron chi connectivity index (χ0n) is 10.7. The van der Waals surface area contributed by atoms with E-state index in [-0.39, 0.29) is 0 Å². The third-order valence-electron chi connectivity index (χ3n) is 3.13. The van der Waals surface area contributed by atoms with Crippen LogP contribution < -0.4 is 5.32 Å². The van der Waals surface area contributed by atoms with Crippen LogP contribution in [-0.4, -0.2) is 19.2 Å². The lowest BCUT2D eigenvalue weighted by molar-refractivity contribution is 0.121. The van der Waals surface area contributed by atoms with Gasteiger partial charge in [0, 0.05) is 12.6 Å². The van der Waals surface area contributed by atoms with Gasteiger partial charge in [-0.1, -0.05) is 31.2 Å². The molecule has 1 N–H and O–H groups in total. The maximum absolute atomic E-state index is 5.63. The molecule has 1 aromatic carbocycles. The Hall–Kier alpha value is -0.860. The maximum Gasteiger partial charge on any atom is 0.0719 e. The minimum absolute atomic E-state index is 0.757. The zero-order chi connectivity index (χ0) is 11.9. The van der Waals surface area contributed by atoms with E-state index in [4.69, 9.17) is 4.74 Å². The average molecular weight is 233 g/mol. The Morgan fingerprint density at radius 3 is 2.71 bits per heavy atom. The Kier molecular flexibility index (Phi) is 5.02. The summed E-state index contributed by atoms with van der Waals surface area (Å²) < 4.78 is 5.63. The fourth-order valence-electron chi connectivity index (χ4n) is 1.97. The summed E-state index contributed by atoms with van der Waals surface area (Å²) in [5, 5.41) is 3.56. The van der Waals surface area contributed by atoms with Gasteiger partial charge in [0.05, 0.1) is 6.61 Å². The summed E-state index contributed by atoms with van der Waals surface area (Å²) >= 11 is 0. The Morgan fingerprint density at radius 1 is 1.24 bits per heavy atom. The molecule has 17 heavy (non-hydrogen) atoms. The van der Waals surface area contributed by atoms with Gasteiger partial charge in [0.15, 0.2) is 0 Å². The number of benzene rings is 1. The monoisotopic (exact) mass is 233 g/mol. The highest BCUT2D eigenvalue weighted by molar-refractivity contribution is 5.26. The van der Waals surface area contributed by atoms with E-state index in [1.165, 1.54) is 24.0 Å². The van der Waals surface area contributed by atoms with Gasteiger partial charge in [-0.15, -0.1) is 0 Å². The van der Waals surface area contributed by atoms with Crippen molar-refractivity contribution in [3.8, 4) is 0 Å². The molecule has 1 saturated carbocycles. The van der Waals surface area contributed by atoms with E-state index < -0.39 is 0 Å². The van der Waals surface area contributed by atoms with Gasteiger partial charge in [0.25, 0.3) is 0 Å². The number of nitrogens with one attached hydrogen (secondary N) is 1. The molecule has 0 radical (unpaired) electrons. The van der Waals surface area contributed by atoms with Crippen LogP contribution >= 0.6 is 0 Å². The molecular weight excluding hydrogens is 210 g/mol. The minimum Gasteiger partial charge on any atom is -0.377 e. The van der Waals surface area contributed by atoms with Crippen molar-refractivity contribution in [3.05, 3.63) is 35.4 Å². The van der Waals surface area contributed by atoms with E-state index in [2.05, 4.69) is 36.5 Å². The highest BCUT2D eigenvalue weighted by Crippen LogP contribution is 2.18. The average Bonchev–Trinajstić information content (AvgIpc) is 3.15. The second-order valence-corrected chi connectivity index (χ2v) is 4.80. The fourth-order valence-corrected chi connectivity index (χ4v) is 1.97. The van der Waals surface area contributed by atoms with Crippen molar-refractivity contribution in [2.24, 2.45) is 0 Å². The predicted molar refractivity (Wildman–Crippen MR) is 71.1 cm³/mol. The van der Waals surface area contributed by atoms with Crippen molar-refractivity contribution in [2.75, 3.05) is 13.2 Å². The number of rotatable bonds is 8. The summed E-state index contributed by atoms with van der Waals surface area (Å²) in [6, 6.07) is 9.43. The molecule has 0 bridgehead atoms. The van der Waals surface area contributed by atoms with E-state index in [0.29, 0.717) is 0 Å². The number of hydrogen-bond donors (Lipinski definition) is 1. The van der Waals surface area contributed by atoms with Gasteiger partial charge in [0.2, 0.25) is 0 Å². The first-order valence-corrected chi connectivity index (χ1v) is 6.78. The first-order chi connectivity index (χ1) is 8.40. The second-order valence-electron chi connectivity index (χ2n) is 4.80. The van der Waals surface area contributed by atoms with Gasteiger partial charge in [-0.2, -0.15) is 0 Å². The molecule has 0 atom stereocenters. The van der Waals surface area contributed by atoms with Crippen LogP contribution in [0.3, 0.4) is 0 Å². The molecule has 0 saturated heterocycles. The van der Waals surface area contributed by atoms with Gasteiger partial charge in [-0.25, -0.2) is 0 Å². The van der Waals surface area contributed by atoms with E-state index in [0.717, 1.165) is 38.6 Å². The van der Waals surface area contributed by atoms with Crippen LogP contribution in [0.2, 0.25) is 0 Å². The van der Waals surface area contributed by atoms with Crippen LogP contribution in [0.1, 0.15) is 37.3 Å². The predicted octanol–water partition coefficient (Wildman–Crippen LogP) is 2.91. The maximum atomic E-state index is 5.63. The molecule has 94 valence electrons. The van der Waals surface area contributed by atoms with Crippen molar-refractivity contribution >= 4 is 0 Å². The number of hydrogen-bond acceptors (Lipinski definition) is 2. The summed E-state index contributed by atoms with van der Waals surface area (Å²) in [5.41, 5.74) is 2.77. The number of ether oxygens (including phenoxy) is 1. The highest BCUT2D eigenvalue weighted by atomic mass is 16.5. The van der Waals surface area contributed by atoms with Crippen molar-refractivity contribution in [3.63, 3.8) is 0 Å². The molecule has 1 aliphatic rings. The lowest BCUT2D eigenvalue weighted by Crippen LogP contribution is -2.19. The first-order valence-electron chi connectivity index (χ1n) is 6.78. The second kappa shape index (κ2) is 6.77. The fraction of sp³-hybridized carbons (Fsp3) is 0.600. The van der Waals surface area contributed by atoms with Crippen LogP contribution in [0.15, 0.2) is 24.3 Å². The molecule has 2 heteroatoms. The molecule has 1 fully saturated rings. The zero-order valence-corrected chi connectivity index (χ0v) is 10.7. The molecule has 0 amide bonds. The third kappa shape index (κ3) is 4.49. The van der Waals surface area contributed by atoms with Crippen LogP contribution in [0.5, 0.6) is 0 Å². The van der Waals surface area contributed by atoms with Crippen LogP contribution in [-0.2, 0) is 17.8 Å². The molecule has 0 heterocycles. The lowest BCUT2D eigenvalue weighted by atomic mass is 10.1. The van der Waals surface area contributed by atoms with E-state index in [1.54, 1.807) is 0 Å². The van der Waals surface area contributed by atoms with E-state index in [9.17, 15) is 0 Å². The Labute approximate surface area is 104 Å². The van der Waals surface area contributed by atoms with Crippen molar-refractivity contribution < 1.29 is 4.74 Å². The van der Waals surface area contributed by atoms with Crippen LogP contribution in [0.4, 0.5) is 0 Å². The third-order valence-corrected chi connectivity index (χ3v) is 3.13. The molecule has 1 aliphatic carbocycles. The van der Waals surface area contributed by atoms with Crippen molar-refractivity contribution in [1.29, 1.82) is 0 Å². The van der Waals surface area contributed by atoms with Crippen molar-refractivity contribution in [1.82, 2.24) is 5.32 Å². The molecule has 0 spiro atoms. The highest BCUT2D eigenvalue weighted by Gasteiger charge is 2.19. The summed E-state index contributed by atoms with van der Waals surface area (Å²) in [5.74, 6) is 0. The molecule has 0 unspecified atom stereocenters. The van der Waals surface area contributed by atoms with Gasteiger partial charge >= 0.3 is 0 Å². The Balaban J connectivity index is 1.80. The quantitative estimate of drug-likeness (QED) is 0.697. The summed E-state index contributed by atoms with van der Waals surface area (Å²) in [7, 11) is 0. The molecule has 0 aliphatic heterocycles. The molecule has 0 aromatic heterocycles. The molecule has 2 rings (SSSR count). The molecule has 1 aromatic rings. The van der Waals surface area contributed by atoms with Gasteiger partial charge in [-0.3, -0.25) is 0 Å².